The fourth-order valence-corrected chi connectivity index (χ4v) is 3.29. The number of amides is 3. The van der Waals surface area contributed by atoms with Crippen LogP contribution in [0.2, 0.25) is 0 Å². The number of carbonyl (C=O) groups is 2. The van der Waals surface area contributed by atoms with Crippen molar-refractivity contribution < 1.29 is 19.1 Å². The fourth-order valence-electron chi connectivity index (χ4n) is 3.29. The molecule has 3 amide bonds. The van der Waals surface area contributed by atoms with Gasteiger partial charge in [-0.1, -0.05) is 18.2 Å². The van der Waals surface area contributed by atoms with E-state index in [2.05, 4.69) is 11.4 Å². The van der Waals surface area contributed by atoms with E-state index in [9.17, 15) is 9.59 Å². The van der Waals surface area contributed by atoms with Crippen molar-refractivity contribution in [1.29, 1.82) is 0 Å². The maximum atomic E-state index is 12.9. The summed E-state index contributed by atoms with van der Waals surface area (Å²) in [6.07, 6.45) is 0. The maximum absolute atomic E-state index is 12.9. The number of imide groups is 1. The maximum Gasteiger partial charge on any atom is 0.325 e. The van der Waals surface area contributed by atoms with Crippen LogP contribution in [0.5, 0.6) is 11.5 Å². The van der Waals surface area contributed by atoms with Crippen molar-refractivity contribution in [2.75, 3.05) is 20.3 Å². The van der Waals surface area contributed by atoms with Crippen LogP contribution in [0.25, 0.3) is 0 Å². The summed E-state index contributed by atoms with van der Waals surface area (Å²) in [5, 5.41) is 2.79. The Bertz CT molecular complexity index is 843. The summed E-state index contributed by atoms with van der Waals surface area (Å²) >= 11 is 0. The lowest BCUT2D eigenvalue weighted by molar-refractivity contribution is -0.131. The molecule has 1 N–H and O–H groups in total. The van der Waals surface area contributed by atoms with Gasteiger partial charge in [-0.15, -0.1) is 0 Å². The van der Waals surface area contributed by atoms with Crippen molar-refractivity contribution in [3.05, 3.63) is 59.2 Å². The van der Waals surface area contributed by atoms with Crippen molar-refractivity contribution in [1.82, 2.24) is 10.2 Å². The minimum absolute atomic E-state index is 0.184. The molecule has 1 atom stereocenters. The third-order valence-corrected chi connectivity index (χ3v) is 4.72. The predicted molar refractivity (Wildman–Crippen MR) is 102 cm³/mol. The van der Waals surface area contributed by atoms with Crippen LogP contribution in [0.15, 0.2) is 42.5 Å². The zero-order chi connectivity index (χ0) is 19.6. The van der Waals surface area contributed by atoms with Gasteiger partial charge in [0, 0.05) is 0 Å². The molecule has 0 saturated carbocycles. The van der Waals surface area contributed by atoms with E-state index in [-0.39, 0.29) is 19.1 Å². The van der Waals surface area contributed by atoms with Crippen molar-refractivity contribution >= 4 is 11.9 Å². The lowest BCUT2D eigenvalue weighted by Gasteiger charge is -2.22. The molecule has 1 aliphatic heterocycles. The van der Waals surface area contributed by atoms with Gasteiger partial charge in [-0.3, -0.25) is 9.69 Å². The van der Waals surface area contributed by atoms with Gasteiger partial charge in [0.1, 0.15) is 23.6 Å². The molecule has 0 unspecified atom stereocenters. The van der Waals surface area contributed by atoms with Crippen LogP contribution in [-0.4, -0.2) is 37.1 Å². The van der Waals surface area contributed by atoms with Gasteiger partial charge < -0.3 is 14.8 Å². The first kappa shape index (κ1) is 18.8. The second kappa shape index (κ2) is 7.31. The molecule has 27 heavy (non-hydrogen) atoms. The van der Waals surface area contributed by atoms with Crippen molar-refractivity contribution in [3.63, 3.8) is 0 Å². The highest BCUT2D eigenvalue weighted by molar-refractivity contribution is 6.07. The third kappa shape index (κ3) is 3.74. The number of methoxy groups -OCH3 is 1. The molecule has 0 aliphatic carbocycles. The second-order valence-corrected chi connectivity index (χ2v) is 6.91. The summed E-state index contributed by atoms with van der Waals surface area (Å²) in [5.41, 5.74) is 1.82. The molecule has 1 fully saturated rings. The SMILES string of the molecule is COc1ccc([C@]2(C)NC(=O)N(CCOc3cc(C)cc(C)c3)C2=O)cc1. The Hall–Kier alpha value is -3.02. The summed E-state index contributed by atoms with van der Waals surface area (Å²) in [4.78, 5) is 26.5. The number of benzene rings is 2. The number of rotatable bonds is 6. The van der Waals surface area contributed by atoms with Gasteiger partial charge in [-0.05, 0) is 61.7 Å². The van der Waals surface area contributed by atoms with E-state index in [4.69, 9.17) is 9.47 Å². The van der Waals surface area contributed by atoms with Gasteiger partial charge in [-0.2, -0.15) is 0 Å². The first-order valence-electron chi connectivity index (χ1n) is 8.83. The molecule has 3 rings (SSSR count). The zero-order valence-electron chi connectivity index (χ0n) is 16.0. The molecule has 142 valence electrons. The van der Waals surface area contributed by atoms with Gasteiger partial charge in [0.15, 0.2) is 0 Å². The van der Waals surface area contributed by atoms with Crippen LogP contribution in [0.4, 0.5) is 4.79 Å². The summed E-state index contributed by atoms with van der Waals surface area (Å²) in [5.74, 6) is 1.14. The average molecular weight is 368 g/mol. The Kier molecular flexibility index (Phi) is 5.08. The Morgan fingerprint density at radius 2 is 1.63 bits per heavy atom. The highest BCUT2D eigenvalue weighted by Gasteiger charge is 2.48. The van der Waals surface area contributed by atoms with Gasteiger partial charge in [0.05, 0.1) is 13.7 Å². The van der Waals surface area contributed by atoms with Crippen molar-refractivity contribution in [2.45, 2.75) is 26.3 Å². The van der Waals surface area contributed by atoms with E-state index in [0.29, 0.717) is 11.3 Å². The van der Waals surface area contributed by atoms with E-state index in [0.717, 1.165) is 16.9 Å². The summed E-state index contributed by atoms with van der Waals surface area (Å²) in [7, 11) is 1.58. The van der Waals surface area contributed by atoms with E-state index in [1.165, 1.54) is 4.90 Å². The Morgan fingerprint density at radius 3 is 2.22 bits per heavy atom. The minimum atomic E-state index is -1.09. The smallest absolute Gasteiger partial charge is 0.325 e. The van der Waals surface area contributed by atoms with E-state index in [1.54, 1.807) is 38.3 Å². The second-order valence-electron chi connectivity index (χ2n) is 6.91. The quantitative estimate of drug-likeness (QED) is 0.796. The molecule has 1 heterocycles. The third-order valence-electron chi connectivity index (χ3n) is 4.72. The summed E-state index contributed by atoms with van der Waals surface area (Å²) < 4.78 is 10.9. The lowest BCUT2D eigenvalue weighted by atomic mass is 9.92. The summed E-state index contributed by atoms with van der Waals surface area (Å²) in [6, 6.07) is 12.6. The number of carbonyl (C=O) groups excluding carboxylic acids is 2. The number of hydrogen-bond donors (Lipinski definition) is 1. The first-order valence-corrected chi connectivity index (χ1v) is 8.83. The molecule has 6 nitrogen and oxygen atoms in total. The molecular weight excluding hydrogens is 344 g/mol. The highest BCUT2D eigenvalue weighted by Crippen LogP contribution is 2.30. The Morgan fingerprint density at radius 1 is 1.00 bits per heavy atom. The number of urea groups is 1. The summed E-state index contributed by atoms with van der Waals surface area (Å²) in [6.45, 7) is 6.12. The molecule has 0 aromatic heterocycles. The monoisotopic (exact) mass is 368 g/mol. The predicted octanol–water partition coefficient (Wildman–Crippen LogP) is 3.16. The largest absolute Gasteiger partial charge is 0.497 e. The molecule has 1 aliphatic rings. The van der Waals surface area contributed by atoms with Crippen molar-refractivity contribution in [2.24, 2.45) is 0 Å². The van der Waals surface area contributed by atoms with Gasteiger partial charge in [0.2, 0.25) is 0 Å². The number of ether oxygens (including phenoxy) is 2. The molecule has 2 aromatic rings. The van der Waals surface area contributed by atoms with Crippen LogP contribution in [-0.2, 0) is 10.3 Å². The first-order chi connectivity index (χ1) is 12.8. The van der Waals surface area contributed by atoms with Gasteiger partial charge in [-0.25, -0.2) is 4.79 Å². The minimum Gasteiger partial charge on any atom is -0.497 e. The standard InChI is InChI=1S/C21H24N2O4/c1-14-11-15(2)13-18(12-14)27-10-9-23-19(24)21(3,22-20(23)25)16-5-7-17(26-4)8-6-16/h5-8,11-13H,9-10H2,1-4H3,(H,22,25)/t21-/m0/s1. The number of aryl methyl sites for hydroxylation is 2. The van der Waals surface area contributed by atoms with Crippen molar-refractivity contribution in [3.8, 4) is 11.5 Å². The molecule has 1 saturated heterocycles. The number of hydrogen-bond acceptors (Lipinski definition) is 4. The highest BCUT2D eigenvalue weighted by atomic mass is 16.5. The number of nitrogens with zero attached hydrogens (tertiary/aromatic N) is 1. The Balaban J connectivity index is 1.68. The van der Waals surface area contributed by atoms with Crippen LogP contribution < -0.4 is 14.8 Å². The molecule has 2 aromatic carbocycles. The fraction of sp³-hybridized carbons (Fsp3) is 0.333. The lowest BCUT2D eigenvalue weighted by Crippen LogP contribution is -2.41. The van der Waals surface area contributed by atoms with Crippen LogP contribution >= 0.6 is 0 Å². The topological polar surface area (TPSA) is 67.9 Å². The molecule has 6 heteroatoms. The number of nitrogens with one attached hydrogen (secondary N) is 1. The molecular formula is C21H24N2O4. The Labute approximate surface area is 159 Å². The van der Waals surface area contributed by atoms with Gasteiger partial charge >= 0.3 is 6.03 Å². The molecule has 0 bridgehead atoms. The zero-order valence-corrected chi connectivity index (χ0v) is 16.0. The van der Waals surface area contributed by atoms with E-state index < -0.39 is 11.6 Å². The normalized spacial score (nSPS) is 19.2. The van der Waals surface area contributed by atoms with E-state index >= 15 is 0 Å². The van der Waals surface area contributed by atoms with Crippen LogP contribution in [0.3, 0.4) is 0 Å². The average Bonchev–Trinajstić information content (AvgIpc) is 2.85. The molecule has 0 spiro atoms. The molecule has 0 radical (unpaired) electrons. The van der Waals surface area contributed by atoms with Crippen LogP contribution in [0, 0.1) is 13.8 Å². The van der Waals surface area contributed by atoms with Gasteiger partial charge in [0.25, 0.3) is 5.91 Å². The van der Waals surface area contributed by atoms with E-state index in [1.807, 2.05) is 26.0 Å². The van der Waals surface area contributed by atoms with Crippen LogP contribution in [0.1, 0.15) is 23.6 Å².